The van der Waals surface area contributed by atoms with Crippen LogP contribution >= 0.6 is 11.3 Å². The van der Waals surface area contributed by atoms with E-state index in [-0.39, 0.29) is 6.10 Å². The minimum atomic E-state index is 0.190. The molecule has 3 rings (SSSR count). The Morgan fingerprint density at radius 3 is 3.15 bits per heavy atom. The Kier molecular flexibility index (Phi) is 4.71. The lowest BCUT2D eigenvalue weighted by molar-refractivity contribution is -0.0502. The molecule has 1 N–H and O–H groups in total. The van der Waals surface area contributed by atoms with Crippen molar-refractivity contribution in [3.63, 3.8) is 0 Å². The molecule has 0 spiro atoms. The predicted molar refractivity (Wildman–Crippen MR) is 82.2 cm³/mol. The summed E-state index contributed by atoms with van der Waals surface area (Å²) in [5.74, 6) is 0. The summed E-state index contributed by atoms with van der Waals surface area (Å²) in [5, 5.41) is 4.59. The summed E-state index contributed by atoms with van der Waals surface area (Å²) in [7, 11) is 0. The normalized spacial score (nSPS) is 26.9. The van der Waals surface area contributed by atoms with Crippen LogP contribution in [0.5, 0.6) is 0 Å². The lowest BCUT2D eigenvalue weighted by atomic mass is 10.2. The lowest BCUT2D eigenvalue weighted by Gasteiger charge is -2.34. The van der Waals surface area contributed by atoms with Crippen molar-refractivity contribution in [2.24, 2.45) is 0 Å². The van der Waals surface area contributed by atoms with Gasteiger partial charge in [0.05, 0.1) is 12.3 Å². The fourth-order valence-electron chi connectivity index (χ4n) is 3.16. The second-order valence-corrected chi connectivity index (χ2v) is 6.78. The van der Waals surface area contributed by atoms with E-state index in [9.17, 15) is 0 Å². The zero-order chi connectivity index (χ0) is 13.9. The van der Waals surface area contributed by atoms with Gasteiger partial charge in [0.25, 0.3) is 0 Å². The van der Waals surface area contributed by atoms with E-state index in [1.165, 1.54) is 35.0 Å². The maximum Gasteiger partial charge on any atom is 0.123 e. The molecule has 0 aliphatic carbocycles. The van der Waals surface area contributed by atoms with Gasteiger partial charge in [-0.2, -0.15) is 0 Å². The molecule has 20 heavy (non-hydrogen) atoms. The van der Waals surface area contributed by atoms with Crippen LogP contribution in [-0.4, -0.2) is 42.2 Å². The van der Waals surface area contributed by atoms with E-state index in [2.05, 4.69) is 24.1 Å². The quantitative estimate of drug-likeness (QED) is 0.905. The molecule has 5 heteroatoms. The molecule has 112 valence electrons. The van der Waals surface area contributed by atoms with E-state index in [1.807, 2.05) is 11.3 Å². The van der Waals surface area contributed by atoms with E-state index in [1.54, 1.807) is 0 Å². The predicted octanol–water partition coefficient (Wildman–Crippen LogP) is 2.35. The molecule has 2 fully saturated rings. The number of fused-ring (bicyclic) bond motifs is 1. The van der Waals surface area contributed by atoms with Crippen LogP contribution in [-0.2, 0) is 17.7 Å². The first-order valence-electron chi connectivity index (χ1n) is 7.86. The summed E-state index contributed by atoms with van der Waals surface area (Å²) in [6.07, 6.45) is 3.83. The Bertz CT molecular complexity index is 448. The highest BCUT2D eigenvalue weighted by Crippen LogP contribution is 2.33. The summed E-state index contributed by atoms with van der Waals surface area (Å²) < 4.78 is 6.08. The maximum absolute atomic E-state index is 6.08. The third-order valence-corrected chi connectivity index (χ3v) is 5.52. The highest BCUT2D eigenvalue weighted by Gasteiger charge is 2.34. The molecule has 2 aliphatic heterocycles. The van der Waals surface area contributed by atoms with Gasteiger partial charge in [-0.25, -0.2) is 4.98 Å². The minimum absolute atomic E-state index is 0.190. The SMILES string of the molecule is CCNCc1sc(C2CN3CCCC3CO2)nc1CC. The number of thiazole rings is 1. The number of aromatic nitrogens is 1. The van der Waals surface area contributed by atoms with Crippen molar-refractivity contribution in [2.75, 3.05) is 26.2 Å². The molecule has 0 saturated carbocycles. The van der Waals surface area contributed by atoms with Crippen molar-refractivity contribution in [2.45, 2.75) is 51.8 Å². The molecule has 0 bridgehead atoms. The molecule has 0 radical (unpaired) electrons. The summed E-state index contributed by atoms with van der Waals surface area (Å²) in [4.78, 5) is 8.82. The van der Waals surface area contributed by atoms with Gasteiger partial charge in [0.15, 0.2) is 0 Å². The highest BCUT2D eigenvalue weighted by molar-refractivity contribution is 7.11. The molecule has 0 amide bonds. The fraction of sp³-hybridized carbons (Fsp3) is 0.800. The first kappa shape index (κ1) is 14.4. The van der Waals surface area contributed by atoms with E-state index in [0.29, 0.717) is 6.04 Å². The van der Waals surface area contributed by atoms with E-state index < -0.39 is 0 Å². The van der Waals surface area contributed by atoms with Gasteiger partial charge in [0.1, 0.15) is 11.1 Å². The average Bonchev–Trinajstić information content (AvgIpc) is 3.10. The van der Waals surface area contributed by atoms with Crippen LogP contribution < -0.4 is 5.32 Å². The molecule has 1 aromatic heterocycles. The van der Waals surface area contributed by atoms with Crippen molar-refractivity contribution < 1.29 is 4.74 Å². The largest absolute Gasteiger partial charge is 0.368 e. The number of morpholine rings is 1. The van der Waals surface area contributed by atoms with E-state index in [4.69, 9.17) is 9.72 Å². The van der Waals surface area contributed by atoms with Gasteiger partial charge in [-0.05, 0) is 32.4 Å². The van der Waals surface area contributed by atoms with Crippen molar-refractivity contribution in [3.8, 4) is 0 Å². The molecule has 2 saturated heterocycles. The number of ether oxygens (including phenoxy) is 1. The highest BCUT2D eigenvalue weighted by atomic mass is 32.1. The van der Waals surface area contributed by atoms with Gasteiger partial charge in [-0.15, -0.1) is 11.3 Å². The standard InChI is InChI=1S/C15H25N3OS/c1-3-12-14(8-16-4-2)20-15(17-12)13-9-18-7-5-6-11(18)10-19-13/h11,13,16H,3-10H2,1-2H3. The molecule has 2 aliphatic rings. The molecule has 1 aromatic rings. The van der Waals surface area contributed by atoms with Gasteiger partial charge >= 0.3 is 0 Å². The zero-order valence-corrected chi connectivity index (χ0v) is 13.3. The Hall–Kier alpha value is -0.490. The number of aryl methyl sites for hydroxylation is 1. The van der Waals surface area contributed by atoms with Gasteiger partial charge in [-0.1, -0.05) is 13.8 Å². The molecule has 0 aromatic carbocycles. The number of hydrogen-bond donors (Lipinski definition) is 1. The number of hydrogen-bond acceptors (Lipinski definition) is 5. The second-order valence-electron chi connectivity index (χ2n) is 5.67. The topological polar surface area (TPSA) is 37.4 Å². The molecule has 2 atom stereocenters. The zero-order valence-electron chi connectivity index (χ0n) is 12.5. The minimum Gasteiger partial charge on any atom is -0.368 e. The Labute approximate surface area is 125 Å². The third kappa shape index (κ3) is 2.91. The first-order chi connectivity index (χ1) is 9.81. The monoisotopic (exact) mass is 295 g/mol. The smallest absolute Gasteiger partial charge is 0.123 e. The summed E-state index contributed by atoms with van der Waals surface area (Å²) in [6.45, 7) is 9.43. The van der Waals surface area contributed by atoms with Crippen molar-refractivity contribution in [1.29, 1.82) is 0 Å². The van der Waals surface area contributed by atoms with Crippen molar-refractivity contribution in [1.82, 2.24) is 15.2 Å². The number of nitrogens with one attached hydrogen (secondary N) is 1. The van der Waals surface area contributed by atoms with E-state index >= 15 is 0 Å². The van der Waals surface area contributed by atoms with Crippen LogP contribution in [0.25, 0.3) is 0 Å². The van der Waals surface area contributed by atoms with Crippen LogP contribution in [0.2, 0.25) is 0 Å². The van der Waals surface area contributed by atoms with Crippen LogP contribution in [0.4, 0.5) is 0 Å². The average molecular weight is 295 g/mol. The molecular weight excluding hydrogens is 270 g/mol. The summed E-state index contributed by atoms with van der Waals surface area (Å²) in [5.41, 5.74) is 1.25. The van der Waals surface area contributed by atoms with Gasteiger partial charge in [0, 0.05) is 24.0 Å². The summed E-state index contributed by atoms with van der Waals surface area (Å²) in [6, 6.07) is 0.665. The molecule has 2 unspecified atom stereocenters. The Morgan fingerprint density at radius 1 is 1.45 bits per heavy atom. The molecule has 3 heterocycles. The van der Waals surface area contributed by atoms with Crippen molar-refractivity contribution in [3.05, 3.63) is 15.6 Å². The fourth-order valence-corrected chi connectivity index (χ4v) is 4.32. The summed E-state index contributed by atoms with van der Waals surface area (Å²) >= 11 is 1.84. The number of rotatable bonds is 5. The van der Waals surface area contributed by atoms with Gasteiger partial charge < -0.3 is 10.1 Å². The first-order valence-corrected chi connectivity index (χ1v) is 8.68. The van der Waals surface area contributed by atoms with Crippen LogP contribution in [0, 0.1) is 0 Å². The number of nitrogens with zero attached hydrogens (tertiary/aromatic N) is 2. The third-order valence-electron chi connectivity index (χ3n) is 4.33. The van der Waals surface area contributed by atoms with Gasteiger partial charge in [-0.3, -0.25) is 4.90 Å². The van der Waals surface area contributed by atoms with Crippen LogP contribution in [0.15, 0.2) is 0 Å². The Morgan fingerprint density at radius 2 is 2.35 bits per heavy atom. The van der Waals surface area contributed by atoms with Crippen LogP contribution in [0.1, 0.15) is 48.4 Å². The molecule has 4 nitrogen and oxygen atoms in total. The Balaban J connectivity index is 1.71. The van der Waals surface area contributed by atoms with Crippen LogP contribution in [0.3, 0.4) is 0 Å². The lowest BCUT2D eigenvalue weighted by Crippen LogP contribution is -2.42. The van der Waals surface area contributed by atoms with Crippen molar-refractivity contribution >= 4 is 11.3 Å². The van der Waals surface area contributed by atoms with Gasteiger partial charge in [0.2, 0.25) is 0 Å². The second kappa shape index (κ2) is 6.52. The molecular formula is C15H25N3OS. The van der Waals surface area contributed by atoms with E-state index in [0.717, 1.165) is 32.7 Å². The maximum atomic E-state index is 6.08.